The van der Waals surface area contributed by atoms with Crippen LogP contribution in [0.1, 0.15) is 50.3 Å². The number of nitrogens with zero attached hydrogens (tertiary/aromatic N) is 4. The molecule has 0 amide bonds. The zero-order valence-corrected chi connectivity index (χ0v) is 12.4. The molecule has 0 saturated heterocycles. The maximum absolute atomic E-state index is 5.57. The van der Waals surface area contributed by atoms with Crippen LogP contribution in [0.4, 0.5) is 5.82 Å². The van der Waals surface area contributed by atoms with Gasteiger partial charge in [0.1, 0.15) is 11.6 Å². The van der Waals surface area contributed by atoms with Gasteiger partial charge in [-0.25, -0.2) is 15.8 Å². The Morgan fingerprint density at radius 3 is 2.57 bits per heavy atom. The van der Waals surface area contributed by atoms with Gasteiger partial charge >= 0.3 is 0 Å². The highest BCUT2D eigenvalue weighted by atomic mass is 15.3. The molecule has 1 aliphatic carbocycles. The first-order valence-electron chi connectivity index (χ1n) is 7.61. The third-order valence-corrected chi connectivity index (χ3v) is 4.11. The van der Waals surface area contributed by atoms with Crippen molar-refractivity contribution in [3.63, 3.8) is 0 Å². The molecule has 1 saturated carbocycles. The lowest BCUT2D eigenvalue weighted by Crippen LogP contribution is -2.12. The van der Waals surface area contributed by atoms with Crippen molar-refractivity contribution in [3.05, 3.63) is 24.3 Å². The number of anilines is 1. The zero-order chi connectivity index (χ0) is 14.7. The Hall–Kier alpha value is -1.95. The van der Waals surface area contributed by atoms with Crippen molar-refractivity contribution >= 4 is 5.82 Å². The summed E-state index contributed by atoms with van der Waals surface area (Å²) in [7, 11) is 1.90. The largest absolute Gasteiger partial charge is 0.308 e. The Kier molecular flexibility index (Phi) is 4.15. The molecule has 2 aromatic rings. The van der Waals surface area contributed by atoms with Gasteiger partial charge in [0.2, 0.25) is 0 Å². The van der Waals surface area contributed by atoms with E-state index >= 15 is 0 Å². The summed E-state index contributed by atoms with van der Waals surface area (Å²) in [5.41, 5.74) is 4.53. The smallest absolute Gasteiger partial charge is 0.144 e. The van der Waals surface area contributed by atoms with Gasteiger partial charge in [-0.1, -0.05) is 25.7 Å². The molecule has 0 unspecified atom stereocenters. The minimum Gasteiger partial charge on any atom is -0.308 e. The topological polar surface area (TPSA) is 81.7 Å². The van der Waals surface area contributed by atoms with E-state index in [0.29, 0.717) is 11.7 Å². The van der Waals surface area contributed by atoms with Crippen molar-refractivity contribution < 1.29 is 0 Å². The van der Waals surface area contributed by atoms with Gasteiger partial charge in [0.05, 0.1) is 11.9 Å². The third-order valence-electron chi connectivity index (χ3n) is 4.11. The Balaban J connectivity index is 1.96. The first kappa shape index (κ1) is 14.0. The van der Waals surface area contributed by atoms with Crippen molar-refractivity contribution in [2.45, 2.75) is 44.4 Å². The molecule has 6 heteroatoms. The van der Waals surface area contributed by atoms with Crippen LogP contribution in [0.3, 0.4) is 0 Å². The predicted molar refractivity (Wildman–Crippen MR) is 82.5 cm³/mol. The van der Waals surface area contributed by atoms with Crippen LogP contribution in [0, 0.1) is 0 Å². The molecule has 0 radical (unpaired) electrons. The lowest BCUT2D eigenvalue weighted by molar-refractivity contribution is 0.561. The van der Waals surface area contributed by atoms with Gasteiger partial charge in [-0.05, 0) is 12.8 Å². The molecule has 1 aliphatic rings. The number of nitrogens with one attached hydrogen (secondary N) is 1. The van der Waals surface area contributed by atoms with E-state index in [0.717, 1.165) is 17.1 Å². The van der Waals surface area contributed by atoms with Gasteiger partial charge in [-0.3, -0.25) is 4.68 Å². The highest BCUT2D eigenvalue weighted by Gasteiger charge is 2.19. The lowest BCUT2D eigenvalue weighted by atomic mass is 9.99. The van der Waals surface area contributed by atoms with Crippen LogP contribution >= 0.6 is 0 Å². The summed E-state index contributed by atoms with van der Waals surface area (Å²) in [6.45, 7) is 0. The maximum Gasteiger partial charge on any atom is 0.144 e. The van der Waals surface area contributed by atoms with E-state index in [1.165, 1.54) is 38.5 Å². The minimum atomic E-state index is 0.441. The number of aryl methyl sites for hydroxylation is 1. The summed E-state index contributed by atoms with van der Waals surface area (Å²) in [6, 6.07) is 1.87. The van der Waals surface area contributed by atoms with Gasteiger partial charge in [0.25, 0.3) is 0 Å². The first-order valence-corrected chi connectivity index (χ1v) is 7.61. The molecule has 0 bridgehead atoms. The molecule has 2 heterocycles. The predicted octanol–water partition coefficient (Wildman–Crippen LogP) is 2.60. The fourth-order valence-corrected chi connectivity index (χ4v) is 2.96. The van der Waals surface area contributed by atoms with E-state index in [4.69, 9.17) is 10.8 Å². The Morgan fingerprint density at radius 1 is 1.19 bits per heavy atom. The summed E-state index contributed by atoms with van der Waals surface area (Å²) in [5, 5.41) is 4.21. The number of aromatic nitrogens is 4. The Bertz CT molecular complexity index is 598. The standard InChI is InChI=1S/C15H22N6/c1-21-10-12(9-17-21)13-8-14(20-16)19-15(18-13)11-6-4-2-3-5-7-11/h8-11H,2-7,16H2,1H3,(H,18,19,20). The van der Waals surface area contributed by atoms with Crippen LogP contribution in [0.5, 0.6) is 0 Å². The van der Waals surface area contributed by atoms with Gasteiger partial charge in [-0.2, -0.15) is 5.10 Å². The van der Waals surface area contributed by atoms with E-state index < -0.39 is 0 Å². The van der Waals surface area contributed by atoms with Crippen LogP contribution in [0.25, 0.3) is 11.3 Å². The molecule has 2 aromatic heterocycles. The Labute approximate surface area is 124 Å². The zero-order valence-electron chi connectivity index (χ0n) is 12.4. The second kappa shape index (κ2) is 6.22. The summed E-state index contributed by atoms with van der Waals surface area (Å²) in [4.78, 5) is 9.35. The van der Waals surface area contributed by atoms with Crippen molar-refractivity contribution in [3.8, 4) is 11.3 Å². The molecule has 0 aromatic carbocycles. The molecule has 0 spiro atoms. The van der Waals surface area contributed by atoms with Gasteiger partial charge < -0.3 is 5.43 Å². The van der Waals surface area contributed by atoms with Crippen molar-refractivity contribution in [1.82, 2.24) is 19.7 Å². The molecule has 0 aliphatic heterocycles. The molecule has 21 heavy (non-hydrogen) atoms. The van der Waals surface area contributed by atoms with Crippen molar-refractivity contribution in [2.75, 3.05) is 5.43 Å². The molecular formula is C15H22N6. The highest BCUT2D eigenvalue weighted by Crippen LogP contribution is 2.31. The van der Waals surface area contributed by atoms with Gasteiger partial charge in [-0.15, -0.1) is 0 Å². The van der Waals surface area contributed by atoms with Crippen LogP contribution < -0.4 is 11.3 Å². The fourth-order valence-electron chi connectivity index (χ4n) is 2.96. The second-order valence-electron chi connectivity index (χ2n) is 5.73. The average Bonchev–Trinajstić information content (AvgIpc) is 2.77. The van der Waals surface area contributed by atoms with E-state index in [-0.39, 0.29) is 0 Å². The Morgan fingerprint density at radius 2 is 1.95 bits per heavy atom. The van der Waals surface area contributed by atoms with Crippen LogP contribution in [0.2, 0.25) is 0 Å². The normalized spacial score (nSPS) is 16.7. The van der Waals surface area contributed by atoms with E-state index in [1.54, 1.807) is 4.68 Å². The monoisotopic (exact) mass is 286 g/mol. The SMILES string of the molecule is Cn1cc(-c2cc(NN)nc(C3CCCCCC3)n2)cn1. The maximum atomic E-state index is 5.57. The summed E-state index contributed by atoms with van der Waals surface area (Å²) in [5.74, 6) is 7.59. The fraction of sp³-hybridized carbons (Fsp3) is 0.533. The first-order chi connectivity index (χ1) is 10.3. The number of nitrogens with two attached hydrogens (primary N) is 1. The van der Waals surface area contributed by atoms with Crippen LogP contribution in [0.15, 0.2) is 18.5 Å². The number of hydrogen-bond donors (Lipinski definition) is 2. The molecule has 3 N–H and O–H groups in total. The van der Waals surface area contributed by atoms with E-state index in [9.17, 15) is 0 Å². The summed E-state index contributed by atoms with van der Waals surface area (Å²) < 4.78 is 1.78. The van der Waals surface area contributed by atoms with Crippen LogP contribution in [-0.2, 0) is 7.05 Å². The average molecular weight is 286 g/mol. The molecule has 112 valence electrons. The molecular weight excluding hydrogens is 264 g/mol. The van der Waals surface area contributed by atoms with Crippen molar-refractivity contribution in [2.24, 2.45) is 12.9 Å². The highest BCUT2D eigenvalue weighted by molar-refractivity contribution is 5.60. The third kappa shape index (κ3) is 3.21. The van der Waals surface area contributed by atoms with Gasteiger partial charge in [0, 0.05) is 30.8 Å². The number of rotatable bonds is 3. The summed E-state index contributed by atoms with van der Waals surface area (Å²) >= 11 is 0. The van der Waals surface area contributed by atoms with E-state index in [2.05, 4.69) is 15.5 Å². The number of nitrogen functional groups attached to an aromatic ring is 1. The lowest BCUT2D eigenvalue weighted by Gasteiger charge is -2.14. The molecule has 6 nitrogen and oxygen atoms in total. The molecule has 0 atom stereocenters. The number of hydrogen-bond acceptors (Lipinski definition) is 5. The molecule has 3 rings (SSSR count). The number of hydrazine groups is 1. The van der Waals surface area contributed by atoms with Crippen LogP contribution in [-0.4, -0.2) is 19.7 Å². The minimum absolute atomic E-state index is 0.441. The van der Waals surface area contributed by atoms with E-state index in [1.807, 2.05) is 25.5 Å². The quantitative estimate of drug-likeness (QED) is 0.515. The van der Waals surface area contributed by atoms with Crippen molar-refractivity contribution in [1.29, 1.82) is 0 Å². The summed E-state index contributed by atoms with van der Waals surface area (Å²) in [6.07, 6.45) is 11.3. The second-order valence-corrected chi connectivity index (χ2v) is 5.73. The molecule has 1 fully saturated rings. The van der Waals surface area contributed by atoms with Gasteiger partial charge in [0.15, 0.2) is 0 Å².